The van der Waals surface area contributed by atoms with E-state index in [0.29, 0.717) is 11.1 Å². The first-order chi connectivity index (χ1) is 11.6. The summed E-state index contributed by atoms with van der Waals surface area (Å²) in [6, 6.07) is 16.5. The van der Waals surface area contributed by atoms with Gasteiger partial charge in [-0.3, -0.25) is 4.79 Å². The van der Waals surface area contributed by atoms with Gasteiger partial charge in [0.25, 0.3) is 5.91 Å². The second-order valence-corrected chi connectivity index (χ2v) is 6.24. The highest BCUT2D eigenvalue weighted by Crippen LogP contribution is 2.25. The lowest BCUT2D eigenvalue weighted by Crippen LogP contribution is -2.17. The summed E-state index contributed by atoms with van der Waals surface area (Å²) in [6.07, 6.45) is 1.46. The maximum atomic E-state index is 12.1. The van der Waals surface area contributed by atoms with E-state index >= 15 is 0 Å². The Labute approximate surface area is 148 Å². The molecule has 0 radical (unpaired) electrons. The van der Waals surface area contributed by atoms with E-state index in [1.54, 1.807) is 18.2 Å². The van der Waals surface area contributed by atoms with Crippen LogP contribution in [0.4, 0.5) is 0 Å². The summed E-state index contributed by atoms with van der Waals surface area (Å²) < 4.78 is 0.867. The molecule has 0 saturated heterocycles. The van der Waals surface area contributed by atoms with Crippen LogP contribution in [0.1, 0.15) is 21.5 Å². The number of nitrogens with one attached hydrogen (secondary N) is 1. The van der Waals surface area contributed by atoms with E-state index in [1.807, 2.05) is 43.3 Å². The molecule has 0 spiro atoms. The number of hydrogen-bond acceptors (Lipinski definition) is 3. The number of amides is 1. The van der Waals surface area contributed by atoms with E-state index in [0.717, 1.165) is 20.8 Å². The Bertz CT molecular complexity index is 951. The van der Waals surface area contributed by atoms with Gasteiger partial charge in [0.15, 0.2) is 0 Å². The Morgan fingerprint density at radius 1 is 1.17 bits per heavy atom. The standard InChI is InChI=1S/C19H15BrN2O2/c1-12-6-7-14(10-17(12)20)19(24)22-21-11-16-15-5-3-2-4-13(15)8-9-18(16)23/h2-11,23H,1H3,(H,22,24). The zero-order valence-corrected chi connectivity index (χ0v) is 14.5. The van der Waals surface area contributed by atoms with Crippen LogP contribution in [0.3, 0.4) is 0 Å². The second kappa shape index (κ2) is 6.84. The second-order valence-electron chi connectivity index (χ2n) is 5.38. The highest BCUT2D eigenvalue weighted by Gasteiger charge is 2.07. The number of carbonyl (C=O) groups is 1. The molecule has 0 saturated carbocycles. The van der Waals surface area contributed by atoms with E-state index in [1.165, 1.54) is 6.21 Å². The van der Waals surface area contributed by atoms with Crippen LogP contribution >= 0.6 is 15.9 Å². The molecule has 2 N–H and O–H groups in total. The largest absolute Gasteiger partial charge is 0.507 e. The van der Waals surface area contributed by atoms with E-state index < -0.39 is 0 Å². The lowest BCUT2D eigenvalue weighted by molar-refractivity contribution is 0.0955. The fourth-order valence-electron chi connectivity index (χ4n) is 2.37. The number of carbonyl (C=O) groups excluding carboxylic acids is 1. The molecule has 1 amide bonds. The summed E-state index contributed by atoms with van der Waals surface area (Å²) >= 11 is 3.40. The van der Waals surface area contributed by atoms with E-state index in [2.05, 4.69) is 26.5 Å². The van der Waals surface area contributed by atoms with Crippen LogP contribution in [0.5, 0.6) is 5.75 Å². The molecule has 3 rings (SSSR count). The van der Waals surface area contributed by atoms with Gasteiger partial charge >= 0.3 is 0 Å². The Kier molecular flexibility index (Phi) is 4.62. The molecule has 0 fully saturated rings. The van der Waals surface area contributed by atoms with Crippen molar-refractivity contribution in [2.75, 3.05) is 0 Å². The topological polar surface area (TPSA) is 61.7 Å². The van der Waals surface area contributed by atoms with Gasteiger partial charge in [0, 0.05) is 15.6 Å². The molecule has 0 aliphatic heterocycles. The molecule has 0 atom stereocenters. The molecule has 3 aromatic carbocycles. The molecule has 0 unspecified atom stereocenters. The van der Waals surface area contributed by atoms with Gasteiger partial charge in [-0.05, 0) is 41.5 Å². The van der Waals surface area contributed by atoms with Crippen molar-refractivity contribution in [3.8, 4) is 5.75 Å². The predicted octanol–water partition coefficient (Wildman–Crippen LogP) is 4.38. The number of phenolic OH excluding ortho intramolecular Hbond substituents is 1. The summed E-state index contributed by atoms with van der Waals surface area (Å²) in [7, 11) is 0. The molecule has 5 heteroatoms. The monoisotopic (exact) mass is 382 g/mol. The maximum absolute atomic E-state index is 12.1. The average molecular weight is 383 g/mol. The van der Waals surface area contributed by atoms with Crippen molar-refractivity contribution < 1.29 is 9.90 Å². The van der Waals surface area contributed by atoms with Gasteiger partial charge in [0.05, 0.1) is 6.21 Å². The number of rotatable bonds is 3. The molecule has 0 heterocycles. The van der Waals surface area contributed by atoms with Crippen LogP contribution in [0, 0.1) is 6.92 Å². The lowest BCUT2D eigenvalue weighted by Gasteiger charge is -2.05. The van der Waals surface area contributed by atoms with Crippen molar-refractivity contribution in [3.05, 3.63) is 75.8 Å². The van der Waals surface area contributed by atoms with Gasteiger partial charge in [-0.15, -0.1) is 0 Å². The average Bonchev–Trinajstić information content (AvgIpc) is 2.59. The van der Waals surface area contributed by atoms with Gasteiger partial charge in [-0.1, -0.05) is 52.3 Å². The molecule has 120 valence electrons. The fraction of sp³-hybridized carbons (Fsp3) is 0.0526. The normalized spacial score (nSPS) is 11.1. The zero-order chi connectivity index (χ0) is 17.1. The van der Waals surface area contributed by atoms with Crippen molar-refractivity contribution >= 4 is 38.8 Å². The van der Waals surface area contributed by atoms with Crippen molar-refractivity contribution in [2.24, 2.45) is 5.10 Å². The van der Waals surface area contributed by atoms with Crippen LogP contribution in [0.15, 0.2) is 64.2 Å². The number of nitrogens with zero attached hydrogens (tertiary/aromatic N) is 1. The molecular formula is C19H15BrN2O2. The third kappa shape index (κ3) is 3.31. The number of aryl methyl sites for hydroxylation is 1. The van der Waals surface area contributed by atoms with Crippen LogP contribution < -0.4 is 5.43 Å². The Morgan fingerprint density at radius 3 is 2.75 bits per heavy atom. The highest BCUT2D eigenvalue weighted by molar-refractivity contribution is 9.10. The summed E-state index contributed by atoms with van der Waals surface area (Å²) in [6.45, 7) is 1.95. The van der Waals surface area contributed by atoms with Gasteiger partial charge in [0.2, 0.25) is 0 Å². The summed E-state index contributed by atoms with van der Waals surface area (Å²) in [4.78, 5) is 12.1. The molecule has 4 nitrogen and oxygen atoms in total. The van der Waals surface area contributed by atoms with Crippen LogP contribution in [-0.4, -0.2) is 17.2 Å². The third-order valence-electron chi connectivity index (χ3n) is 3.74. The smallest absolute Gasteiger partial charge is 0.271 e. The first kappa shape index (κ1) is 16.2. The number of hydrogen-bond donors (Lipinski definition) is 2. The lowest BCUT2D eigenvalue weighted by atomic mass is 10.0. The summed E-state index contributed by atoms with van der Waals surface area (Å²) in [5.74, 6) is -0.198. The number of phenols is 1. The number of fused-ring (bicyclic) bond motifs is 1. The SMILES string of the molecule is Cc1ccc(C(=O)NN=Cc2c(O)ccc3ccccc23)cc1Br. The summed E-state index contributed by atoms with van der Waals surface area (Å²) in [5.41, 5.74) is 4.61. The zero-order valence-electron chi connectivity index (χ0n) is 13.0. The van der Waals surface area contributed by atoms with Crippen LogP contribution in [0.25, 0.3) is 10.8 Å². The number of halogens is 1. The predicted molar refractivity (Wildman–Crippen MR) is 99.6 cm³/mol. The molecule has 0 aromatic heterocycles. The minimum Gasteiger partial charge on any atom is -0.507 e. The molecular weight excluding hydrogens is 368 g/mol. The van der Waals surface area contributed by atoms with Crippen molar-refractivity contribution in [2.45, 2.75) is 6.92 Å². The van der Waals surface area contributed by atoms with Crippen molar-refractivity contribution in [3.63, 3.8) is 0 Å². The summed E-state index contributed by atoms with van der Waals surface area (Å²) in [5, 5.41) is 15.9. The quantitative estimate of drug-likeness (QED) is 0.521. The Hall–Kier alpha value is -2.66. The van der Waals surface area contributed by atoms with Crippen molar-refractivity contribution in [1.82, 2.24) is 5.43 Å². The number of hydrazone groups is 1. The van der Waals surface area contributed by atoms with Gasteiger partial charge in [-0.25, -0.2) is 5.43 Å². The molecule has 3 aromatic rings. The molecule has 0 aliphatic carbocycles. The van der Waals surface area contributed by atoms with Crippen molar-refractivity contribution in [1.29, 1.82) is 0 Å². The van der Waals surface area contributed by atoms with Gasteiger partial charge in [-0.2, -0.15) is 5.10 Å². The molecule has 24 heavy (non-hydrogen) atoms. The highest BCUT2D eigenvalue weighted by atomic mass is 79.9. The Morgan fingerprint density at radius 2 is 1.96 bits per heavy atom. The van der Waals surface area contributed by atoms with Crippen LogP contribution in [0.2, 0.25) is 0 Å². The molecule has 0 aliphatic rings. The van der Waals surface area contributed by atoms with Crippen LogP contribution in [-0.2, 0) is 0 Å². The Balaban J connectivity index is 1.83. The number of aromatic hydroxyl groups is 1. The van der Waals surface area contributed by atoms with E-state index in [-0.39, 0.29) is 11.7 Å². The van der Waals surface area contributed by atoms with Gasteiger partial charge < -0.3 is 5.11 Å². The third-order valence-corrected chi connectivity index (χ3v) is 4.60. The minimum atomic E-state index is -0.313. The van der Waals surface area contributed by atoms with E-state index in [4.69, 9.17) is 0 Å². The molecule has 0 bridgehead atoms. The fourth-order valence-corrected chi connectivity index (χ4v) is 2.75. The van der Waals surface area contributed by atoms with Gasteiger partial charge in [0.1, 0.15) is 5.75 Å². The maximum Gasteiger partial charge on any atom is 0.271 e. The van der Waals surface area contributed by atoms with E-state index in [9.17, 15) is 9.90 Å². The number of benzene rings is 3. The first-order valence-electron chi connectivity index (χ1n) is 7.36. The first-order valence-corrected chi connectivity index (χ1v) is 8.16. The minimum absolute atomic E-state index is 0.116.